The van der Waals surface area contributed by atoms with Gasteiger partial charge in [0.1, 0.15) is 11.5 Å². The maximum absolute atomic E-state index is 10.4. The van der Waals surface area contributed by atoms with E-state index in [-0.39, 0.29) is 10.4 Å². The Labute approximate surface area is 146 Å². The smallest absolute Gasteiger partial charge is 0.119 e. The molecule has 0 heterocycles. The van der Waals surface area contributed by atoms with Crippen LogP contribution in [0.4, 0.5) is 0 Å². The molecular weight excluding hydrogens is 323 g/mol. The largest absolute Gasteiger partial charge is 0.508 e. The molecule has 0 spiro atoms. The molecule has 2 aromatic carbocycles. The summed E-state index contributed by atoms with van der Waals surface area (Å²) in [4.78, 5) is 0. The minimum absolute atomic E-state index is 0.141. The topological polar surface area (TPSA) is 29.5 Å². The lowest BCUT2D eigenvalue weighted by Gasteiger charge is -2.31. The first kappa shape index (κ1) is 18.2. The Balaban J connectivity index is 2.46. The lowest BCUT2D eigenvalue weighted by Crippen LogP contribution is -2.20. The average molecular weight is 348 g/mol. The number of phenols is 1. The summed E-state index contributed by atoms with van der Waals surface area (Å²) < 4.78 is 5.34. The van der Waals surface area contributed by atoms with Crippen LogP contribution in [0.15, 0.2) is 42.5 Å². The van der Waals surface area contributed by atoms with Crippen molar-refractivity contribution >= 4 is 26.5 Å². The highest BCUT2D eigenvalue weighted by atomic mass is 32.1. The third kappa shape index (κ3) is 4.02. The van der Waals surface area contributed by atoms with Crippen LogP contribution in [0.3, 0.4) is 0 Å². The molecule has 0 amide bonds. The number of ether oxygens (including phenoxy) is 1. The minimum atomic E-state index is -0.141. The Kier molecular flexibility index (Phi) is 6.00. The van der Waals surface area contributed by atoms with E-state index in [1.807, 2.05) is 6.07 Å². The van der Waals surface area contributed by atoms with E-state index in [4.69, 9.17) is 4.74 Å². The van der Waals surface area contributed by atoms with Gasteiger partial charge in [0, 0.05) is 16.0 Å². The van der Waals surface area contributed by atoms with Gasteiger partial charge < -0.3 is 9.84 Å². The molecule has 0 saturated carbocycles. The van der Waals surface area contributed by atoms with Crippen LogP contribution < -0.4 is 10.0 Å². The molecule has 2 rings (SSSR count). The van der Waals surface area contributed by atoms with Crippen LogP contribution in [0.5, 0.6) is 11.5 Å². The van der Waals surface area contributed by atoms with Crippen LogP contribution in [0.2, 0.25) is 0 Å². The predicted molar refractivity (Wildman–Crippen MR) is 104 cm³/mol. The van der Waals surface area contributed by atoms with Crippen LogP contribution >= 0.6 is 21.2 Å². The molecule has 3 unspecified atom stereocenters. The Morgan fingerprint density at radius 3 is 2.57 bits per heavy atom. The number of thiol groups is 1. The van der Waals surface area contributed by atoms with Gasteiger partial charge in [-0.05, 0) is 42.4 Å². The molecule has 1 N–H and O–H groups in total. The summed E-state index contributed by atoms with van der Waals surface area (Å²) in [6.07, 6.45) is 0.932. The van der Waals surface area contributed by atoms with Crippen LogP contribution in [-0.4, -0.2) is 12.2 Å². The van der Waals surface area contributed by atoms with Gasteiger partial charge in [0.05, 0.1) is 7.11 Å². The van der Waals surface area contributed by atoms with E-state index in [9.17, 15) is 5.11 Å². The van der Waals surface area contributed by atoms with E-state index in [2.05, 4.69) is 57.7 Å². The van der Waals surface area contributed by atoms with E-state index in [0.717, 1.165) is 17.7 Å². The van der Waals surface area contributed by atoms with Gasteiger partial charge in [-0.1, -0.05) is 46.7 Å². The summed E-state index contributed by atoms with van der Waals surface area (Å²) in [6.45, 7) is 6.47. The third-order valence-corrected chi connectivity index (χ3v) is 6.50. The zero-order chi connectivity index (χ0) is 17.0. The second-order valence-corrected chi connectivity index (χ2v) is 8.62. The zero-order valence-corrected chi connectivity index (χ0v) is 16.0. The first-order valence-corrected chi connectivity index (χ1v) is 9.35. The van der Waals surface area contributed by atoms with Gasteiger partial charge in [-0.25, -0.2) is 0 Å². The SMILES string of the molecule is CCC(C)(Pc1ccccc1C(C)S)c1cc(OC)ccc1O. The standard InChI is InChI=1S/C19H25O2PS/c1-5-19(3,16-12-14(21-4)10-11-17(16)20)22-18-9-7-6-8-15(18)13(2)23/h6-13,20,22-23H,5H2,1-4H3. The summed E-state index contributed by atoms with van der Waals surface area (Å²) in [5, 5.41) is 11.7. The molecule has 23 heavy (non-hydrogen) atoms. The molecule has 3 atom stereocenters. The molecular formula is C19H25O2PS. The summed E-state index contributed by atoms with van der Waals surface area (Å²) in [5.41, 5.74) is 2.20. The molecule has 0 radical (unpaired) electrons. The molecule has 4 heteroatoms. The summed E-state index contributed by atoms with van der Waals surface area (Å²) >= 11 is 4.61. The monoisotopic (exact) mass is 348 g/mol. The molecule has 0 fully saturated rings. The first-order chi connectivity index (χ1) is 10.9. The minimum Gasteiger partial charge on any atom is -0.508 e. The third-order valence-electron chi connectivity index (χ3n) is 4.33. The second-order valence-electron chi connectivity index (χ2n) is 5.96. The van der Waals surface area contributed by atoms with Gasteiger partial charge in [-0.2, -0.15) is 12.6 Å². The quantitative estimate of drug-likeness (QED) is 0.567. The van der Waals surface area contributed by atoms with Crippen molar-refractivity contribution in [2.24, 2.45) is 0 Å². The number of rotatable bonds is 6. The molecule has 0 saturated heterocycles. The van der Waals surface area contributed by atoms with Crippen molar-refractivity contribution in [3.63, 3.8) is 0 Å². The Bertz CT molecular complexity index is 672. The fourth-order valence-corrected chi connectivity index (χ4v) is 4.78. The van der Waals surface area contributed by atoms with E-state index < -0.39 is 0 Å². The summed E-state index contributed by atoms with van der Waals surface area (Å²) in [7, 11) is 2.20. The van der Waals surface area contributed by atoms with Gasteiger partial charge in [0.2, 0.25) is 0 Å². The molecule has 0 bridgehead atoms. The molecule has 124 valence electrons. The number of hydrogen-bond acceptors (Lipinski definition) is 3. The molecule has 0 aliphatic carbocycles. The molecule has 2 aromatic rings. The van der Waals surface area contributed by atoms with Crippen molar-refractivity contribution < 1.29 is 9.84 Å². The lowest BCUT2D eigenvalue weighted by molar-refractivity contribution is 0.408. The summed E-state index contributed by atoms with van der Waals surface area (Å²) in [5.74, 6) is 1.11. The normalized spacial score (nSPS) is 15.5. The lowest BCUT2D eigenvalue weighted by atomic mass is 9.96. The highest BCUT2D eigenvalue weighted by Gasteiger charge is 2.29. The highest BCUT2D eigenvalue weighted by Crippen LogP contribution is 2.48. The van der Waals surface area contributed by atoms with Crippen molar-refractivity contribution in [3.8, 4) is 11.5 Å². The molecule has 0 aliphatic rings. The molecule has 0 aliphatic heterocycles. The van der Waals surface area contributed by atoms with Crippen LogP contribution in [-0.2, 0) is 5.16 Å². The van der Waals surface area contributed by atoms with E-state index in [0.29, 0.717) is 14.3 Å². The predicted octanol–water partition coefficient (Wildman–Crippen LogP) is 5.02. The van der Waals surface area contributed by atoms with Gasteiger partial charge in [0.15, 0.2) is 0 Å². The van der Waals surface area contributed by atoms with E-state index in [1.54, 1.807) is 19.2 Å². The number of methoxy groups -OCH3 is 1. The molecule has 2 nitrogen and oxygen atoms in total. The fraction of sp³-hybridized carbons (Fsp3) is 0.368. The fourth-order valence-electron chi connectivity index (χ4n) is 2.70. The van der Waals surface area contributed by atoms with Gasteiger partial charge in [-0.3, -0.25) is 0 Å². The van der Waals surface area contributed by atoms with Crippen molar-refractivity contribution in [3.05, 3.63) is 53.6 Å². The summed E-state index contributed by atoms with van der Waals surface area (Å²) in [6, 6.07) is 13.9. The second kappa shape index (κ2) is 7.59. The maximum Gasteiger partial charge on any atom is 0.119 e. The van der Waals surface area contributed by atoms with E-state index in [1.165, 1.54) is 10.9 Å². The Hall–Kier alpha value is -1.18. The van der Waals surface area contributed by atoms with Gasteiger partial charge in [0.25, 0.3) is 0 Å². The highest BCUT2D eigenvalue weighted by molar-refractivity contribution is 7.80. The van der Waals surface area contributed by atoms with Crippen molar-refractivity contribution in [1.82, 2.24) is 0 Å². The van der Waals surface area contributed by atoms with Gasteiger partial charge >= 0.3 is 0 Å². The van der Waals surface area contributed by atoms with Crippen molar-refractivity contribution in [2.45, 2.75) is 37.6 Å². The maximum atomic E-state index is 10.4. The number of phenolic OH excluding ortho intramolecular Hbond substituents is 1. The van der Waals surface area contributed by atoms with Crippen molar-refractivity contribution in [1.29, 1.82) is 0 Å². The Morgan fingerprint density at radius 2 is 1.96 bits per heavy atom. The number of hydrogen-bond donors (Lipinski definition) is 2. The van der Waals surface area contributed by atoms with Crippen LogP contribution in [0.1, 0.15) is 43.6 Å². The van der Waals surface area contributed by atoms with Gasteiger partial charge in [-0.15, -0.1) is 0 Å². The number of benzene rings is 2. The molecule has 0 aromatic heterocycles. The van der Waals surface area contributed by atoms with Crippen LogP contribution in [0.25, 0.3) is 0 Å². The number of aromatic hydroxyl groups is 1. The zero-order valence-electron chi connectivity index (χ0n) is 14.1. The van der Waals surface area contributed by atoms with Crippen molar-refractivity contribution in [2.75, 3.05) is 7.11 Å². The Morgan fingerprint density at radius 1 is 1.26 bits per heavy atom. The average Bonchev–Trinajstić information content (AvgIpc) is 2.55. The van der Waals surface area contributed by atoms with Crippen LogP contribution in [0, 0.1) is 0 Å². The first-order valence-electron chi connectivity index (χ1n) is 7.84. The van der Waals surface area contributed by atoms with E-state index >= 15 is 0 Å².